The van der Waals surface area contributed by atoms with Gasteiger partial charge < -0.3 is 14.7 Å². The fraction of sp³-hybridized carbons (Fsp3) is 0.556. The van der Waals surface area contributed by atoms with Crippen LogP contribution in [0.5, 0.6) is 5.75 Å². The van der Waals surface area contributed by atoms with Crippen LogP contribution in [-0.4, -0.2) is 70.7 Å². The Labute approximate surface area is 230 Å². The quantitative estimate of drug-likeness (QED) is 0.564. The number of aliphatic imine (C=N–C) groups is 1. The van der Waals surface area contributed by atoms with Crippen molar-refractivity contribution in [2.75, 3.05) is 31.1 Å². The van der Waals surface area contributed by atoms with Crippen LogP contribution < -0.4 is 9.64 Å². The number of dihydropyridines is 1. The molecule has 1 N–H and O–H groups in total. The molecule has 5 unspecified atom stereocenters. The molecule has 2 fully saturated rings. The third-order valence-corrected chi connectivity index (χ3v) is 7.81. The van der Waals surface area contributed by atoms with Gasteiger partial charge in [-0.1, -0.05) is 29.8 Å². The second kappa shape index (κ2) is 10.9. The molecular formula is C27H30ClF3N6O2. The molecule has 1 aliphatic carbocycles. The topological polar surface area (TPSA) is 97.9 Å². The van der Waals surface area contributed by atoms with E-state index >= 15 is 0 Å². The van der Waals surface area contributed by atoms with Gasteiger partial charge in [0.25, 0.3) is 0 Å². The predicted octanol–water partition coefficient (Wildman–Crippen LogP) is 4.57. The Balaban J connectivity index is 0.000000164. The summed E-state index contributed by atoms with van der Waals surface area (Å²) >= 11 is 5.91. The van der Waals surface area contributed by atoms with E-state index in [4.69, 9.17) is 16.3 Å². The lowest BCUT2D eigenvalue weighted by atomic mass is 9.82. The summed E-state index contributed by atoms with van der Waals surface area (Å²) in [7, 11) is 0. The summed E-state index contributed by atoms with van der Waals surface area (Å²) in [5.74, 6) is -0.669. The summed E-state index contributed by atoms with van der Waals surface area (Å²) in [6.07, 6.45) is 8.73. The molecule has 0 aromatic carbocycles. The van der Waals surface area contributed by atoms with E-state index in [-0.39, 0.29) is 29.3 Å². The smallest absolute Gasteiger partial charge is 0.451 e. The van der Waals surface area contributed by atoms with Gasteiger partial charge >= 0.3 is 6.18 Å². The van der Waals surface area contributed by atoms with Gasteiger partial charge in [-0.15, -0.1) is 0 Å². The van der Waals surface area contributed by atoms with Crippen molar-refractivity contribution < 1.29 is 23.0 Å². The average Bonchev–Trinajstić information content (AvgIpc) is 3.58. The minimum absolute atomic E-state index is 0.208. The molecule has 1 aromatic heterocycles. The normalized spacial score (nSPS) is 31.5. The minimum Gasteiger partial charge on any atom is -0.479 e. The van der Waals surface area contributed by atoms with Crippen LogP contribution >= 0.6 is 11.6 Å². The molecule has 5 atom stereocenters. The van der Waals surface area contributed by atoms with Crippen molar-refractivity contribution in [2.24, 2.45) is 10.4 Å². The monoisotopic (exact) mass is 562 g/mol. The molecule has 208 valence electrons. The summed E-state index contributed by atoms with van der Waals surface area (Å²) in [6, 6.07) is 2.15. The minimum atomic E-state index is -4.56. The molecule has 0 amide bonds. The third kappa shape index (κ3) is 5.83. The molecule has 0 saturated carbocycles. The molecule has 6 rings (SSSR count). The number of aliphatic hydroxyl groups is 1. The summed E-state index contributed by atoms with van der Waals surface area (Å²) in [4.78, 5) is 15.4. The number of alkyl halides is 3. The van der Waals surface area contributed by atoms with Gasteiger partial charge in [0.05, 0.1) is 34.2 Å². The van der Waals surface area contributed by atoms with E-state index in [1.54, 1.807) is 0 Å². The van der Waals surface area contributed by atoms with Crippen LogP contribution in [0.2, 0.25) is 0 Å². The van der Waals surface area contributed by atoms with E-state index in [9.17, 15) is 23.5 Å². The van der Waals surface area contributed by atoms with Crippen molar-refractivity contribution >= 4 is 23.6 Å². The number of rotatable bonds is 2. The van der Waals surface area contributed by atoms with E-state index in [1.165, 1.54) is 6.21 Å². The maximum absolute atomic E-state index is 13.1. The lowest BCUT2D eigenvalue weighted by Crippen LogP contribution is -2.50. The number of halogens is 4. The van der Waals surface area contributed by atoms with Gasteiger partial charge in [0.1, 0.15) is 6.10 Å². The fourth-order valence-corrected chi connectivity index (χ4v) is 5.78. The van der Waals surface area contributed by atoms with Gasteiger partial charge in [0.15, 0.2) is 17.8 Å². The third-order valence-electron chi connectivity index (χ3n) is 7.59. The van der Waals surface area contributed by atoms with Crippen LogP contribution in [0, 0.1) is 16.7 Å². The number of aromatic nitrogens is 2. The highest BCUT2D eigenvalue weighted by atomic mass is 35.5. The number of aliphatic hydroxyl groups excluding tert-OH is 1. The van der Waals surface area contributed by atoms with E-state index in [0.29, 0.717) is 36.1 Å². The number of ether oxygens (including phenoxy) is 1. The van der Waals surface area contributed by atoms with Crippen LogP contribution in [0.15, 0.2) is 40.4 Å². The van der Waals surface area contributed by atoms with Crippen LogP contribution in [0.4, 0.5) is 19.0 Å². The number of hydrogen-bond acceptors (Lipinski definition) is 8. The standard InChI is InChI=1S/C15H14F3N3O.C12H16ClN3O/c16-15(17,18)14-19-11-9-5-1-2-6-10(9)22-12(11)13(20-14)21-7-3-4-8-21;1-12(7-14)3-2-4-16(8-12)10-5-9(13)6-15-11(10)17/h1-2,5-6,9-10H,3-4,7-8H2;5-6,10-11,17H,2-4,8H2,1H3. The maximum atomic E-state index is 13.1. The molecule has 0 bridgehead atoms. The molecule has 1 aromatic rings. The van der Waals surface area contributed by atoms with Gasteiger partial charge in [0.2, 0.25) is 5.82 Å². The SMILES string of the molecule is CC1(C#N)CCCN(C2C=C(Cl)C=NC2O)C1.FC(F)(F)c1nc2c(c(N3CCCC3)n1)OC1C=CC=CC21. The predicted molar refractivity (Wildman–Crippen MR) is 141 cm³/mol. The van der Waals surface area contributed by atoms with Gasteiger partial charge in [-0.2, -0.15) is 18.4 Å². The summed E-state index contributed by atoms with van der Waals surface area (Å²) < 4.78 is 45.2. The molecule has 0 radical (unpaired) electrons. The van der Waals surface area contributed by atoms with Crippen molar-refractivity contribution in [3.8, 4) is 11.8 Å². The Hall–Kier alpha value is -2.94. The van der Waals surface area contributed by atoms with Crippen LogP contribution in [0.25, 0.3) is 0 Å². The number of anilines is 1. The lowest BCUT2D eigenvalue weighted by molar-refractivity contribution is -0.145. The Kier molecular flexibility index (Phi) is 7.73. The van der Waals surface area contributed by atoms with Gasteiger partial charge in [-0.05, 0) is 51.3 Å². The molecule has 5 heterocycles. The van der Waals surface area contributed by atoms with Crippen LogP contribution in [0.1, 0.15) is 50.0 Å². The van der Waals surface area contributed by atoms with Crippen LogP contribution in [0.3, 0.4) is 0 Å². The number of allylic oxidation sites excluding steroid dienone is 3. The first-order valence-corrected chi connectivity index (χ1v) is 13.5. The number of likely N-dealkylation sites (tertiary alicyclic amines) is 1. The Morgan fingerprint density at radius 3 is 2.62 bits per heavy atom. The molecule has 12 heteroatoms. The van der Waals surface area contributed by atoms with Gasteiger partial charge in [0, 0.05) is 25.8 Å². The number of hydrogen-bond donors (Lipinski definition) is 1. The number of nitriles is 1. The first-order valence-electron chi connectivity index (χ1n) is 13.1. The van der Waals surface area contributed by atoms with E-state index in [0.717, 1.165) is 32.2 Å². The number of fused-ring (bicyclic) bond motifs is 3. The summed E-state index contributed by atoms with van der Waals surface area (Å²) in [6.45, 7) is 4.88. The molecule has 0 spiro atoms. The van der Waals surface area contributed by atoms with Crippen molar-refractivity contribution in [3.05, 3.63) is 46.9 Å². The zero-order valence-corrected chi connectivity index (χ0v) is 22.2. The maximum Gasteiger partial charge on any atom is 0.451 e. The Morgan fingerprint density at radius 2 is 1.90 bits per heavy atom. The van der Waals surface area contributed by atoms with Gasteiger partial charge in [-0.3, -0.25) is 9.89 Å². The highest BCUT2D eigenvalue weighted by molar-refractivity contribution is 6.39. The Bertz CT molecular complexity index is 1250. The van der Waals surface area contributed by atoms with Crippen molar-refractivity contribution in [2.45, 2.75) is 63.1 Å². The van der Waals surface area contributed by atoms with E-state index in [1.807, 2.05) is 42.2 Å². The van der Waals surface area contributed by atoms with E-state index in [2.05, 4.69) is 25.9 Å². The van der Waals surface area contributed by atoms with Crippen molar-refractivity contribution in [3.63, 3.8) is 0 Å². The molecule has 4 aliphatic heterocycles. The van der Waals surface area contributed by atoms with Crippen molar-refractivity contribution in [1.82, 2.24) is 14.9 Å². The molecule has 39 heavy (non-hydrogen) atoms. The van der Waals surface area contributed by atoms with E-state index < -0.39 is 18.2 Å². The highest BCUT2D eigenvalue weighted by Gasteiger charge is 2.43. The molecule has 2 saturated heterocycles. The zero-order chi connectivity index (χ0) is 27.8. The summed E-state index contributed by atoms with van der Waals surface area (Å²) in [5, 5.41) is 19.6. The summed E-state index contributed by atoms with van der Waals surface area (Å²) in [5.41, 5.74) is 0.00855. The number of piperidine rings is 1. The second-order valence-corrected chi connectivity index (χ2v) is 11.1. The second-order valence-electron chi connectivity index (χ2n) is 10.6. The zero-order valence-electron chi connectivity index (χ0n) is 21.5. The van der Waals surface area contributed by atoms with Gasteiger partial charge in [-0.25, -0.2) is 9.97 Å². The molecule has 8 nitrogen and oxygen atoms in total. The number of nitrogens with zero attached hydrogens (tertiary/aromatic N) is 6. The highest BCUT2D eigenvalue weighted by Crippen LogP contribution is 2.46. The lowest BCUT2D eigenvalue weighted by Gasteiger charge is -2.41. The largest absolute Gasteiger partial charge is 0.479 e. The Morgan fingerprint density at radius 1 is 1.15 bits per heavy atom. The molecule has 5 aliphatic rings. The average molecular weight is 563 g/mol. The van der Waals surface area contributed by atoms with Crippen LogP contribution in [-0.2, 0) is 6.18 Å². The van der Waals surface area contributed by atoms with Crippen molar-refractivity contribution in [1.29, 1.82) is 5.26 Å². The molecular weight excluding hydrogens is 533 g/mol. The first kappa shape index (κ1) is 27.6. The first-order chi connectivity index (χ1) is 18.6. The fourth-order valence-electron chi connectivity index (χ4n) is 5.59.